The van der Waals surface area contributed by atoms with Crippen LogP contribution in [0.25, 0.3) is 0 Å². The lowest BCUT2D eigenvalue weighted by Gasteiger charge is -2.41. The number of terminal acetylenes is 1. The Hall–Kier alpha value is -4.49. The van der Waals surface area contributed by atoms with E-state index in [1.807, 2.05) is 19.1 Å². The number of esters is 1. The van der Waals surface area contributed by atoms with E-state index in [0.717, 1.165) is 24.8 Å². The summed E-state index contributed by atoms with van der Waals surface area (Å²) in [6.45, 7) is 6.43. The van der Waals surface area contributed by atoms with Crippen molar-refractivity contribution in [3.05, 3.63) is 98.5 Å². The Kier molecular flexibility index (Phi) is 12.0. The molecule has 2 aliphatic heterocycles. The summed E-state index contributed by atoms with van der Waals surface area (Å²) in [6, 6.07) is 12.5. The minimum Gasteiger partial charge on any atom is -0.420 e. The average Bonchev–Trinajstić information content (AvgIpc) is 3.01. The minimum atomic E-state index is -0.755. The number of carbonyl (C=O) groups is 2. The number of amides is 1. The summed E-state index contributed by atoms with van der Waals surface area (Å²) in [6.07, 6.45) is 13.7. The number of carbonyl (C=O) groups excluding carboxylic acids is 2. The Bertz CT molecular complexity index is 1520. The van der Waals surface area contributed by atoms with E-state index in [-0.39, 0.29) is 23.5 Å². The summed E-state index contributed by atoms with van der Waals surface area (Å²) in [5.74, 6) is -2.70. The zero-order valence-corrected chi connectivity index (χ0v) is 24.7. The van der Waals surface area contributed by atoms with Crippen molar-refractivity contribution in [1.82, 2.24) is 9.58 Å². The van der Waals surface area contributed by atoms with E-state index in [1.165, 1.54) is 41.1 Å². The van der Waals surface area contributed by atoms with Crippen LogP contribution in [0.4, 0.5) is 8.78 Å². The van der Waals surface area contributed by atoms with Gasteiger partial charge in [0.15, 0.2) is 17.3 Å². The van der Waals surface area contributed by atoms with Gasteiger partial charge < -0.3 is 19.8 Å². The molecule has 0 aliphatic carbocycles. The molecular weight excluding hydrogens is 556 g/mol. The topological polar surface area (TPSA) is 89.9 Å². The van der Waals surface area contributed by atoms with Crippen LogP contribution in [0.15, 0.2) is 53.5 Å². The highest BCUT2D eigenvalue weighted by Gasteiger charge is 2.37. The van der Waals surface area contributed by atoms with Crippen LogP contribution >= 0.6 is 0 Å². The van der Waals surface area contributed by atoms with Gasteiger partial charge in [-0.2, -0.15) is 0 Å². The van der Waals surface area contributed by atoms with E-state index in [0.29, 0.717) is 38.2 Å². The van der Waals surface area contributed by atoms with Crippen molar-refractivity contribution in [2.45, 2.75) is 59.0 Å². The predicted molar refractivity (Wildman–Crippen MR) is 161 cm³/mol. The van der Waals surface area contributed by atoms with Gasteiger partial charge in [-0.05, 0) is 54.0 Å². The molecule has 0 unspecified atom stereocenters. The number of aromatic nitrogens is 1. The van der Waals surface area contributed by atoms with Gasteiger partial charge in [0.2, 0.25) is 11.2 Å². The number of nitrogens with zero attached hydrogens (tertiary/aromatic N) is 2. The zero-order valence-electron chi connectivity index (χ0n) is 24.7. The first-order chi connectivity index (χ1) is 20.7. The molecule has 1 amide bonds. The molecule has 5 rings (SSSR count). The highest BCUT2D eigenvalue weighted by atomic mass is 19.2. The van der Waals surface area contributed by atoms with E-state index in [4.69, 9.17) is 9.47 Å². The van der Waals surface area contributed by atoms with Crippen molar-refractivity contribution >= 4 is 11.9 Å². The Morgan fingerprint density at radius 3 is 2.47 bits per heavy atom. The highest BCUT2D eigenvalue weighted by Crippen LogP contribution is 2.24. The number of nitrogens with one attached hydrogen (secondary N) is 1. The van der Waals surface area contributed by atoms with Gasteiger partial charge in [0.05, 0.1) is 13.2 Å². The molecule has 1 atom stereocenters. The monoisotopic (exact) mass is 593 g/mol. The molecule has 0 saturated carbocycles. The Morgan fingerprint density at radius 2 is 1.79 bits per heavy atom. The normalized spacial score (nSPS) is 15.0. The van der Waals surface area contributed by atoms with E-state index in [9.17, 15) is 23.2 Å². The van der Waals surface area contributed by atoms with Gasteiger partial charge in [0, 0.05) is 25.7 Å². The van der Waals surface area contributed by atoms with Crippen LogP contribution in [0.1, 0.15) is 66.4 Å². The number of benzene rings is 2. The second-order valence-corrected chi connectivity index (χ2v) is 9.94. The van der Waals surface area contributed by atoms with E-state index < -0.39 is 23.0 Å². The number of morpholine rings is 1. The van der Waals surface area contributed by atoms with Gasteiger partial charge in [0.1, 0.15) is 6.17 Å². The van der Waals surface area contributed by atoms with E-state index in [2.05, 4.69) is 37.3 Å². The molecule has 0 bridgehead atoms. The summed E-state index contributed by atoms with van der Waals surface area (Å²) in [5, 5.41) is 0. The summed E-state index contributed by atoms with van der Waals surface area (Å²) in [7, 11) is 0. The number of pyridine rings is 1. The van der Waals surface area contributed by atoms with Crippen LogP contribution in [0.5, 0.6) is 5.75 Å². The van der Waals surface area contributed by atoms with Crippen molar-refractivity contribution in [1.29, 1.82) is 0 Å². The number of rotatable bonds is 7. The van der Waals surface area contributed by atoms with Gasteiger partial charge in [-0.3, -0.25) is 19.1 Å². The van der Waals surface area contributed by atoms with Gasteiger partial charge in [-0.15, -0.1) is 12.8 Å². The van der Waals surface area contributed by atoms with Crippen molar-refractivity contribution in [2.24, 2.45) is 0 Å². The maximum Gasteiger partial charge on any atom is 0.308 e. The summed E-state index contributed by atoms with van der Waals surface area (Å²) in [4.78, 5) is 37.0. The first-order valence-electron chi connectivity index (χ1n) is 14.2. The molecule has 228 valence electrons. The first kappa shape index (κ1) is 33.0. The fourth-order valence-electron chi connectivity index (χ4n) is 5.05. The molecule has 0 spiro atoms. The number of unbranched alkanes of at least 4 members (excludes halogenated alkanes) is 1. The number of hydrogen-bond acceptors (Lipinski definition) is 6. The Labute approximate surface area is 250 Å². The van der Waals surface area contributed by atoms with Crippen molar-refractivity contribution in [2.75, 3.05) is 25.2 Å². The molecule has 1 saturated heterocycles. The van der Waals surface area contributed by atoms with Crippen LogP contribution in [-0.2, 0) is 28.8 Å². The molecule has 1 aromatic heterocycles. The maximum absolute atomic E-state index is 13.9. The molecule has 2 aliphatic rings. The fourth-order valence-corrected chi connectivity index (χ4v) is 5.05. The standard InChI is InChI=1S/C19H22F2.C12H13N3O5.C2H2/c1-3-5-8-14-9-6-7-10-15(14)13-16-11-12-18(20)19(21)17(16)4-2;1-7(16)20-11-8(17)2-3-15-10(11)12(18)14-4-5-19-6-9(14)13-15;1-2/h6-7,9-12H,3-5,8,13H2,1-2H3;2-3,9,13H,4-6H2,1H3;1-2H/t;9-;/m.0./s1. The third-order valence-electron chi connectivity index (χ3n) is 7.13. The fraction of sp³-hybridized carbons (Fsp3) is 0.364. The number of aryl methyl sites for hydroxylation is 1. The second kappa shape index (κ2) is 15.7. The lowest BCUT2D eigenvalue weighted by atomic mass is 9.93. The number of ether oxygens (including phenoxy) is 2. The quantitative estimate of drug-likeness (QED) is 0.312. The Morgan fingerprint density at radius 1 is 1.07 bits per heavy atom. The summed E-state index contributed by atoms with van der Waals surface area (Å²) >= 11 is 0. The zero-order chi connectivity index (χ0) is 31.5. The molecule has 1 fully saturated rings. The SMILES string of the molecule is C#C.CC(=O)Oc1c2n(ccc1=O)N[C@@H]1COCCN1C2=O.CCCCc1ccccc1Cc1ccc(F)c(F)c1CC. The Balaban J connectivity index is 0.000000223. The molecule has 2 aromatic carbocycles. The first-order valence-corrected chi connectivity index (χ1v) is 14.2. The molecule has 43 heavy (non-hydrogen) atoms. The van der Waals surface area contributed by atoms with Gasteiger partial charge in [-0.25, -0.2) is 8.78 Å². The molecule has 3 aromatic rings. The van der Waals surface area contributed by atoms with Crippen molar-refractivity contribution < 1.29 is 27.8 Å². The molecule has 1 N–H and O–H groups in total. The molecule has 10 heteroatoms. The maximum atomic E-state index is 13.9. The van der Waals surface area contributed by atoms with Gasteiger partial charge in [0.25, 0.3) is 5.91 Å². The van der Waals surface area contributed by atoms with Crippen LogP contribution in [-0.4, -0.2) is 47.4 Å². The van der Waals surface area contributed by atoms with Crippen LogP contribution < -0.4 is 15.6 Å². The smallest absolute Gasteiger partial charge is 0.308 e. The molecular formula is C33H37F2N3O5. The largest absolute Gasteiger partial charge is 0.420 e. The molecule has 3 heterocycles. The van der Waals surface area contributed by atoms with Crippen molar-refractivity contribution in [3.8, 4) is 18.6 Å². The number of fused-ring (bicyclic) bond motifs is 2. The summed E-state index contributed by atoms with van der Waals surface area (Å²) < 4.78 is 38.9. The summed E-state index contributed by atoms with van der Waals surface area (Å²) in [5.41, 5.74) is 6.48. The third kappa shape index (κ3) is 7.87. The average molecular weight is 594 g/mol. The third-order valence-corrected chi connectivity index (χ3v) is 7.13. The number of halogens is 2. The van der Waals surface area contributed by atoms with E-state index in [1.54, 1.807) is 11.0 Å². The second-order valence-electron chi connectivity index (χ2n) is 9.94. The predicted octanol–water partition coefficient (Wildman–Crippen LogP) is 4.84. The lowest BCUT2D eigenvalue weighted by molar-refractivity contribution is -0.132. The highest BCUT2D eigenvalue weighted by molar-refractivity contribution is 5.97. The minimum absolute atomic E-state index is 0.0332. The van der Waals surface area contributed by atoms with Gasteiger partial charge in [-0.1, -0.05) is 50.6 Å². The van der Waals surface area contributed by atoms with Crippen LogP contribution in [0, 0.1) is 24.5 Å². The van der Waals surface area contributed by atoms with Crippen molar-refractivity contribution in [3.63, 3.8) is 0 Å². The molecule has 8 nitrogen and oxygen atoms in total. The lowest BCUT2D eigenvalue weighted by Crippen LogP contribution is -2.59. The van der Waals surface area contributed by atoms with E-state index >= 15 is 0 Å². The van der Waals surface area contributed by atoms with Gasteiger partial charge >= 0.3 is 5.97 Å². The number of hydrogen-bond donors (Lipinski definition) is 1. The van der Waals surface area contributed by atoms with Crippen LogP contribution in [0.3, 0.4) is 0 Å². The van der Waals surface area contributed by atoms with Crippen LogP contribution in [0.2, 0.25) is 0 Å². The molecule has 0 radical (unpaired) electrons.